The highest BCUT2D eigenvalue weighted by Crippen LogP contribution is 2.64. The van der Waals surface area contributed by atoms with E-state index in [1.54, 1.807) is 0 Å². The third kappa shape index (κ3) is 5.99. The average molecular weight is 491 g/mol. The summed E-state index contributed by atoms with van der Waals surface area (Å²) in [6.07, 6.45) is 10.4. The Morgan fingerprint density at radius 3 is 2.26 bits per heavy atom. The number of ether oxygens (including phenoxy) is 2. The predicted octanol–water partition coefficient (Wildman–Crippen LogP) is 7.62. The molecule has 4 nitrogen and oxygen atoms in total. The number of rotatable bonds is 8. The smallest absolute Gasteiger partial charge is 0.309 e. The van der Waals surface area contributed by atoms with E-state index in [4.69, 9.17) is 9.47 Å². The predicted molar refractivity (Wildman–Crippen MR) is 142 cm³/mol. The molecule has 0 unspecified atom stereocenters. The summed E-state index contributed by atoms with van der Waals surface area (Å²) in [5.74, 6) is 2.54. The van der Waals surface area contributed by atoms with Crippen molar-refractivity contribution in [2.75, 3.05) is 7.11 Å². The van der Waals surface area contributed by atoms with Crippen LogP contribution in [0, 0.1) is 46.3 Å². The minimum atomic E-state index is -0.459. The van der Waals surface area contributed by atoms with Gasteiger partial charge in [-0.25, -0.2) is 0 Å². The SMILES string of the molecule is COC(=O)[C@@H]1[C@@H]2CC[C@@H]([C@@H](C)CCCC(C)C)[C@@]2(C)CC[C@@H]1[C@@]1(C)CC[C@H](OC(C)(C)C)CC1=O. The second kappa shape index (κ2) is 10.8. The molecule has 3 aliphatic carbocycles. The van der Waals surface area contributed by atoms with Gasteiger partial charge in [-0.1, -0.05) is 53.9 Å². The third-order valence-electron chi connectivity index (χ3n) is 10.3. The van der Waals surface area contributed by atoms with Crippen LogP contribution in [0.1, 0.15) is 120 Å². The molecule has 8 atom stereocenters. The summed E-state index contributed by atoms with van der Waals surface area (Å²) in [4.78, 5) is 27.0. The van der Waals surface area contributed by atoms with Crippen molar-refractivity contribution in [1.82, 2.24) is 0 Å². The van der Waals surface area contributed by atoms with Crippen molar-refractivity contribution in [3.63, 3.8) is 0 Å². The Labute approximate surface area is 215 Å². The Kier molecular flexibility index (Phi) is 8.88. The van der Waals surface area contributed by atoms with Gasteiger partial charge >= 0.3 is 5.97 Å². The largest absolute Gasteiger partial charge is 0.469 e. The van der Waals surface area contributed by atoms with E-state index >= 15 is 0 Å². The van der Waals surface area contributed by atoms with Crippen molar-refractivity contribution in [1.29, 1.82) is 0 Å². The molecule has 35 heavy (non-hydrogen) atoms. The lowest BCUT2D eigenvalue weighted by Gasteiger charge is -2.54. The molecule has 0 saturated heterocycles. The van der Waals surface area contributed by atoms with Gasteiger partial charge in [-0.15, -0.1) is 0 Å². The standard InChI is InChI=1S/C31H54O4/c1-20(2)11-10-12-21(3)23-13-14-24-27(28(33)34-9)25(16-18-30(23,24)7)31(8)17-15-22(19-26(31)32)35-29(4,5)6/h20-25,27H,10-19H2,1-9H3/t21-,22-,23-,24-,25-,27+,30+,31+/m0/s1. The van der Waals surface area contributed by atoms with Crippen LogP contribution in [0.3, 0.4) is 0 Å². The van der Waals surface area contributed by atoms with Gasteiger partial charge in [0.05, 0.1) is 24.7 Å². The summed E-state index contributed by atoms with van der Waals surface area (Å²) in [5.41, 5.74) is -0.540. The summed E-state index contributed by atoms with van der Waals surface area (Å²) < 4.78 is 11.6. The van der Waals surface area contributed by atoms with Crippen molar-refractivity contribution >= 4 is 11.8 Å². The number of carbonyl (C=O) groups is 2. The first kappa shape index (κ1) is 28.7. The fraction of sp³-hybridized carbons (Fsp3) is 0.935. The maximum absolute atomic E-state index is 13.7. The second-order valence-corrected chi connectivity index (χ2v) is 14.2. The van der Waals surface area contributed by atoms with Gasteiger partial charge in [0.15, 0.2) is 0 Å². The fourth-order valence-electron chi connectivity index (χ4n) is 8.48. The van der Waals surface area contributed by atoms with Gasteiger partial charge < -0.3 is 9.47 Å². The minimum absolute atomic E-state index is 0.0106. The van der Waals surface area contributed by atoms with Crippen LogP contribution >= 0.6 is 0 Å². The third-order valence-corrected chi connectivity index (χ3v) is 10.3. The number of methoxy groups -OCH3 is 1. The highest BCUT2D eigenvalue weighted by molar-refractivity contribution is 5.87. The maximum Gasteiger partial charge on any atom is 0.309 e. The van der Waals surface area contributed by atoms with Crippen molar-refractivity contribution in [2.45, 2.75) is 131 Å². The Morgan fingerprint density at radius 1 is 1.00 bits per heavy atom. The number of carbonyl (C=O) groups excluding carboxylic acids is 2. The molecule has 0 aromatic heterocycles. The van der Waals surface area contributed by atoms with Crippen LogP contribution in [0.2, 0.25) is 0 Å². The quantitative estimate of drug-likeness (QED) is 0.328. The summed E-state index contributed by atoms with van der Waals surface area (Å²) in [6.45, 7) is 17.8. The fourth-order valence-corrected chi connectivity index (χ4v) is 8.48. The summed E-state index contributed by atoms with van der Waals surface area (Å²) >= 11 is 0. The molecular formula is C31H54O4. The molecule has 0 amide bonds. The molecule has 3 saturated carbocycles. The van der Waals surface area contributed by atoms with Gasteiger partial charge in [-0.3, -0.25) is 9.59 Å². The summed E-state index contributed by atoms with van der Waals surface area (Å²) in [5, 5.41) is 0. The van der Waals surface area contributed by atoms with E-state index in [-0.39, 0.29) is 40.7 Å². The van der Waals surface area contributed by atoms with Crippen LogP contribution in [0.4, 0.5) is 0 Å². The van der Waals surface area contributed by atoms with Crippen molar-refractivity contribution in [3.8, 4) is 0 Å². The zero-order chi connectivity index (χ0) is 26.2. The van der Waals surface area contributed by atoms with Gasteiger partial charge in [0.2, 0.25) is 0 Å². The summed E-state index contributed by atoms with van der Waals surface area (Å²) in [7, 11) is 1.53. The molecular weight excluding hydrogens is 436 g/mol. The van der Waals surface area contributed by atoms with E-state index in [0.29, 0.717) is 24.2 Å². The highest BCUT2D eigenvalue weighted by Gasteiger charge is 2.61. The zero-order valence-electron chi connectivity index (χ0n) is 24.2. The van der Waals surface area contributed by atoms with Crippen LogP contribution in [-0.2, 0) is 19.1 Å². The van der Waals surface area contributed by atoms with Gasteiger partial charge in [0.1, 0.15) is 5.78 Å². The van der Waals surface area contributed by atoms with Crippen LogP contribution in [-0.4, -0.2) is 30.6 Å². The van der Waals surface area contributed by atoms with E-state index < -0.39 is 5.41 Å². The molecule has 0 aliphatic heterocycles. The molecule has 0 aromatic rings. The van der Waals surface area contributed by atoms with E-state index in [1.807, 2.05) is 0 Å². The Balaban J connectivity index is 1.79. The zero-order valence-corrected chi connectivity index (χ0v) is 24.2. The molecule has 3 aliphatic rings. The van der Waals surface area contributed by atoms with Gasteiger partial charge in [0, 0.05) is 11.8 Å². The van der Waals surface area contributed by atoms with Crippen LogP contribution in [0.5, 0.6) is 0 Å². The van der Waals surface area contributed by atoms with Gasteiger partial charge in [-0.05, 0) is 94.3 Å². The number of Topliss-reactive ketones (excluding diaryl/α,β-unsaturated/α-hetero) is 1. The van der Waals surface area contributed by atoms with Crippen LogP contribution < -0.4 is 0 Å². The molecule has 202 valence electrons. The van der Waals surface area contributed by atoms with Crippen molar-refractivity contribution in [3.05, 3.63) is 0 Å². The molecule has 0 radical (unpaired) electrons. The Bertz CT molecular complexity index is 752. The molecule has 0 N–H and O–H groups in total. The number of ketones is 1. The van der Waals surface area contributed by atoms with E-state index in [0.717, 1.165) is 38.0 Å². The number of hydrogen-bond donors (Lipinski definition) is 0. The lowest BCUT2D eigenvalue weighted by atomic mass is 9.50. The molecule has 3 fully saturated rings. The number of fused-ring (bicyclic) bond motifs is 1. The van der Waals surface area contributed by atoms with Gasteiger partial charge in [-0.2, -0.15) is 0 Å². The topological polar surface area (TPSA) is 52.6 Å². The first-order chi connectivity index (χ1) is 16.2. The van der Waals surface area contributed by atoms with Crippen LogP contribution in [0.15, 0.2) is 0 Å². The molecule has 3 rings (SSSR count). The molecule has 0 spiro atoms. The highest BCUT2D eigenvalue weighted by atomic mass is 16.5. The summed E-state index contributed by atoms with van der Waals surface area (Å²) in [6, 6.07) is 0. The van der Waals surface area contributed by atoms with Gasteiger partial charge in [0.25, 0.3) is 0 Å². The number of esters is 1. The lowest BCUT2D eigenvalue weighted by molar-refractivity contribution is -0.168. The molecule has 0 bridgehead atoms. The molecule has 0 heterocycles. The number of hydrogen-bond acceptors (Lipinski definition) is 4. The maximum atomic E-state index is 13.7. The van der Waals surface area contributed by atoms with E-state index in [9.17, 15) is 9.59 Å². The molecule has 4 heteroatoms. The average Bonchev–Trinajstić information content (AvgIpc) is 3.11. The van der Waals surface area contributed by atoms with Crippen molar-refractivity contribution in [2.24, 2.45) is 46.3 Å². The first-order valence-corrected chi connectivity index (χ1v) is 14.5. The monoisotopic (exact) mass is 490 g/mol. The Hall–Kier alpha value is -0.900. The second-order valence-electron chi connectivity index (χ2n) is 14.2. The molecule has 0 aromatic carbocycles. The first-order valence-electron chi connectivity index (χ1n) is 14.5. The van der Waals surface area contributed by atoms with E-state index in [1.165, 1.54) is 32.8 Å². The van der Waals surface area contributed by atoms with Crippen molar-refractivity contribution < 1.29 is 19.1 Å². The normalized spacial score (nSPS) is 38.9. The van der Waals surface area contributed by atoms with Crippen LogP contribution in [0.25, 0.3) is 0 Å². The van der Waals surface area contributed by atoms with E-state index in [2.05, 4.69) is 55.4 Å². The minimum Gasteiger partial charge on any atom is -0.469 e. The lowest BCUT2D eigenvalue weighted by Crippen LogP contribution is -2.54. The Morgan fingerprint density at radius 2 is 1.69 bits per heavy atom.